The number of rotatable bonds is 44. The number of allylic oxidation sites excluding steroid dienone is 2. The molecule has 1 saturated heterocycles. The molecule has 5 aliphatic heterocycles. The number of urea groups is 1. The van der Waals surface area contributed by atoms with E-state index in [2.05, 4.69) is 26.6 Å². The maximum atomic E-state index is 15.2. The summed E-state index contributed by atoms with van der Waals surface area (Å²) in [6.07, 6.45) is 3.34. The molecule has 0 aromatic heterocycles. The molecule has 35 nitrogen and oxygen atoms in total. The van der Waals surface area contributed by atoms with Crippen molar-refractivity contribution in [3.8, 4) is 34.5 Å². The third kappa shape index (κ3) is 26.3. The molecule has 650 valence electrons. The molecule has 35 heteroatoms. The number of hydrogen-bond donors (Lipinski definition) is 10. The molecule has 11 atom stereocenters. The van der Waals surface area contributed by atoms with Crippen LogP contribution in [0.25, 0.3) is 33.3 Å². The molecule has 0 radical (unpaired) electrons. The molecule has 0 unspecified atom stereocenters. The lowest BCUT2D eigenvalue weighted by Gasteiger charge is -2.33. The van der Waals surface area contributed by atoms with E-state index < -0.39 is 130 Å². The first-order valence-electron chi connectivity index (χ1n) is 39.8. The summed E-state index contributed by atoms with van der Waals surface area (Å²) in [5.74, 6) is -9.24. The fourth-order valence-electron chi connectivity index (χ4n) is 13.7. The predicted octanol–water partition coefficient (Wildman–Crippen LogP) is 5.57. The molecule has 12 N–H and O–H groups in total. The van der Waals surface area contributed by atoms with Gasteiger partial charge in [0.25, 0.3) is 11.7 Å². The number of Topliss-reactive ketones (excluding diaryl/α,β-unsaturated/α-hetero) is 1. The molecule has 7 bridgehead atoms. The second kappa shape index (κ2) is 45.6. The molecule has 9 rings (SSSR count). The number of benzene rings is 4. The molecular formula is C83H118N9O26+. The van der Waals surface area contributed by atoms with Gasteiger partial charge in [0.05, 0.1) is 155 Å². The van der Waals surface area contributed by atoms with E-state index in [0.29, 0.717) is 116 Å². The van der Waals surface area contributed by atoms with Crippen LogP contribution in [0.3, 0.4) is 0 Å². The molecule has 3 aromatic rings. The summed E-state index contributed by atoms with van der Waals surface area (Å²) >= 11 is 0. The third-order valence-corrected chi connectivity index (χ3v) is 20.3. The van der Waals surface area contributed by atoms with Crippen LogP contribution in [0.1, 0.15) is 96.1 Å². The first-order valence-corrected chi connectivity index (χ1v) is 39.8. The van der Waals surface area contributed by atoms with Gasteiger partial charge in [-0.15, -0.1) is 0 Å². The highest BCUT2D eigenvalue weighted by Crippen LogP contribution is 2.51. The Kier molecular flexibility index (Phi) is 36.4. The average Bonchev–Trinajstić information content (AvgIpc) is 1.43. The summed E-state index contributed by atoms with van der Waals surface area (Å²) in [6.45, 7) is 22.3. The average molecular weight is 1660 g/mol. The van der Waals surface area contributed by atoms with Crippen LogP contribution in [0, 0.1) is 30.6 Å². The number of esters is 1. The third-order valence-electron chi connectivity index (χ3n) is 20.3. The van der Waals surface area contributed by atoms with Gasteiger partial charge >= 0.3 is 17.8 Å². The zero-order valence-electron chi connectivity index (χ0n) is 69.5. The molecular weight excluding hydrogens is 1540 g/mol. The van der Waals surface area contributed by atoms with Gasteiger partial charge in [-0.2, -0.15) is 0 Å². The molecule has 6 aliphatic rings. The molecule has 118 heavy (non-hydrogen) atoms. The van der Waals surface area contributed by atoms with Gasteiger partial charge in [0.1, 0.15) is 83.9 Å². The van der Waals surface area contributed by atoms with Crippen LogP contribution in [-0.2, 0) is 87.4 Å². The second-order valence-corrected chi connectivity index (χ2v) is 30.3. The van der Waals surface area contributed by atoms with Crippen molar-refractivity contribution in [1.29, 1.82) is 0 Å². The number of phenols is 2. The number of aliphatic hydroxyl groups is 1. The van der Waals surface area contributed by atoms with Crippen LogP contribution < -0.4 is 53.0 Å². The van der Waals surface area contributed by atoms with Gasteiger partial charge < -0.3 is 129 Å². The number of aromatic nitrogens is 1. The minimum absolute atomic E-state index is 0.0261. The first-order chi connectivity index (χ1) is 56.4. The van der Waals surface area contributed by atoms with Gasteiger partial charge in [0, 0.05) is 98.1 Å². The molecule has 5 heterocycles. The van der Waals surface area contributed by atoms with Crippen molar-refractivity contribution in [2.45, 2.75) is 137 Å². The van der Waals surface area contributed by atoms with Crippen LogP contribution in [0.2, 0.25) is 0 Å². The van der Waals surface area contributed by atoms with Gasteiger partial charge in [0.15, 0.2) is 11.3 Å². The number of nitrogens with zero attached hydrogens (tertiary/aromatic N) is 2. The van der Waals surface area contributed by atoms with Crippen molar-refractivity contribution in [2.24, 2.45) is 35.1 Å². The number of aromatic hydroxyl groups is 2. The van der Waals surface area contributed by atoms with Crippen molar-refractivity contribution in [1.82, 2.24) is 20.9 Å². The molecule has 1 aliphatic carbocycles. The number of fused-ring (bicyclic) bond motifs is 9. The number of ketones is 1. The lowest BCUT2D eigenvalue weighted by atomic mass is 9.86. The number of hydrogen-bond acceptors (Lipinski definition) is 28. The Balaban J connectivity index is 0.866. The van der Waals surface area contributed by atoms with Gasteiger partial charge in [-0.25, -0.2) is 9.78 Å². The van der Waals surface area contributed by atoms with Crippen molar-refractivity contribution in [3.63, 3.8) is 0 Å². The van der Waals surface area contributed by atoms with Crippen LogP contribution >= 0.6 is 0 Å². The van der Waals surface area contributed by atoms with Crippen LogP contribution in [-0.4, -0.2) is 268 Å². The minimum atomic E-state index is -2.16. The maximum Gasteiger partial charge on any atom is 0.312 e. The smallest absolute Gasteiger partial charge is 0.312 e. The highest BCUT2D eigenvalue weighted by molar-refractivity contribution is 6.22. The van der Waals surface area contributed by atoms with Gasteiger partial charge in [0.2, 0.25) is 23.2 Å². The number of primary amides is 1. The van der Waals surface area contributed by atoms with E-state index in [4.69, 9.17) is 87.2 Å². The van der Waals surface area contributed by atoms with Gasteiger partial charge in [-0.05, 0) is 50.8 Å². The number of amides is 6. The SMILES string of the molecule is CO[C@H]1/C=C/O[C@@]2(C)Oc3c(C)c(O)c4c(=O)c(c5oc6cc(OCC[N+](C)(C)Cc7ccc(NC(=O)[C@H](CCCNC(N)=O)NC(=O)[C@@H](NC(=O)CCOCCOCCOCCOCCOCCOCCOCCOCCN)C(C)C)cc7)cc(O)c6nc-5c4c3C2=O)NC(=O)/C(C)=C\C=C\[C@H](C)[C@@H]2O[C@H]([C@H](O)[C@@H]2C)[C@H](OC(C)=O)[C@@H]1C. The molecule has 1 fully saturated rings. The zero-order chi connectivity index (χ0) is 85.8. The van der Waals surface area contributed by atoms with Gasteiger partial charge in [-0.1, -0.05) is 65.0 Å². The van der Waals surface area contributed by atoms with E-state index >= 15 is 9.59 Å². The topological polar surface area (TPSA) is 465 Å². The second-order valence-electron chi connectivity index (χ2n) is 30.3. The minimum Gasteiger partial charge on any atom is -0.507 e. The molecule has 0 saturated carbocycles. The van der Waals surface area contributed by atoms with Crippen molar-refractivity contribution < 1.29 is 124 Å². The Morgan fingerprint density at radius 3 is 1.94 bits per heavy atom. The normalized spacial score (nSPS) is 21.7. The zero-order valence-corrected chi connectivity index (χ0v) is 69.5. The lowest BCUT2D eigenvalue weighted by molar-refractivity contribution is -0.903. The number of nitrogens with two attached hydrogens (primary N) is 2. The van der Waals surface area contributed by atoms with Crippen molar-refractivity contribution >= 4 is 74.7 Å². The summed E-state index contributed by atoms with van der Waals surface area (Å²) in [6, 6.07) is 7.02. The number of carbonyl (C=O) groups excluding carboxylic acids is 7. The number of quaternary nitrogens is 1. The van der Waals surface area contributed by atoms with E-state index in [1.807, 2.05) is 40.1 Å². The Labute approximate surface area is 686 Å². The Hall–Kier alpha value is -9.47. The lowest BCUT2D eigenvalue weighted by Crippen LogP contribution is -2.54. The van der Waals surface area contributed by atoms with E-state index in [0.717, 1.165) is 5.56 Å². The predicted molar refractivity (Wildman–Crippen MR) is 433 cm³/mol. The fourth-order valence-corrected chi connectivity index (χ4v) is 13.7. The number of nitrogens with one attached hydrogen (secondary N) is 5. The van der Waals surface area contributed by atoms with E-state index in [1.165, 1.54) is 65.4 Å². The Bertz CT molecular complexity index is 4320. The van der Waals surface area contributed by atoms with Crippen molar-refractivity contribution in [3.05, 3.63) is 99.5 Å². The Morgan fingerprint density at radius 1 is 0.763 bits per heavy atom. The van der Waals surface area contributed by atoms with Crippen molar-refractivity contribution in [2.75, 3.05) is 164 Å². The standard InChI is InChI=1S/C83H117N9O26/c1-48(2)66(89-62(95)23-27-105-31-33-107-35-37-109-39-41-111-43-44-112-42-40-110-38-36-108-34-32-106-29-24-84)81(102)88-58(17-14-25-86-82(85)103)80(101)87-56-20-18-55(19-21-56)47-92(10,11)26-30-113-57-45-59(94)67-61(46-57)116-76-68(90-67)63-64-70(96)52(6)74-65(63)78(99)83(9,118-74)114-28-22-60(104-12)51(5)75(115-54(8)93)77-71(97)53(7)73(117-77)49(3)15-13-16-50(4)79(100)91-69(76)72(64)98/h13,15-16,18-22,28,45-46,48-49,51,53,58,60,66,71,73,75,77,97H,14,17,23-27,29-44,47,84H2,1-12H3,(H8-,85,86,87,88,89,90,91,94,95,96,98,99,100,101,102,103)/p+1/b15-13+,28-22+,50-16-/t49-,51+,53-,58-,60-,66-,71+,73-,75+,77+,83-/m0/s1. The summed E-state index contributed by atoms with van der Waals surface area (Å²) in [4.78, 5) is 115. The number of carbonyl (C=O) groups is 7. The maximum absolute atomic E-state index is 15.2. The fraction of sp³-hybridized carbons (Fsp3) is 0.578. The van der Waals surface area contributed by atoms with Crippen LogP contribution in [0.15, 0.2) is 81.7 Å². The highest BCUT2D eigenvalue weighted by Gasteiger charge is 2.52. The quantitative estimate of drug-likeness (QED) is 0.00748. The highest BCUT2D eigenvalue weighted by atomic mass is 16.7. The number of aliphatic hydroxyl groups excluding tert-OH is 1. The summed E-state index contributed by atoms with van der Waals surface area (Å²) in [5.41, 5.74) is 9.94. The molecule has 3 aromatic carbocycles. The summed E-state index contributed by atoms with van der Waals surface area (Å²) in [5, 5.41) is 48.5. The molecule has 0 spiro atoms. The molecule has 6 amide bonds. The van der Waals surface area contributed by atoms with Crippen LogP contribution in [0.4, 0.5) is 16.2 Å². The first kappa shape index (κ1) is 94.0. The van der Waals surface area contributed by atoms with Gasteiger partial charge in [-0.3, -0.25) is 33.6 Å². The van der Waals surface area contributed by atoms with E-state index in [1.54, 1.807) is 45.1 Å². The summed E-state index contributed by atoms with van der Waals surface area (Å²) in [7, 11) is 5.37. The van der Waals surface area contributed by atoms with E-state index in [-0.39, 0.29) is 120 Å². The monoisotopic (exact) mass is 1660 g/mol. The van der Waals surface area contributed by atoms with Crippen LogP contribution in [0.5, 0.6) is 23.0 Å². The largest absolute Gasteiger partial charge is 0.507 e. The number of likely N-dealkylation sites (N-methyl/N-ethyl adjacent to an activating group) is 1. The number of anilines is 2. The summed E-state index contributed by atoms with van der Waals surface area (Å²) < 4.78 is 87.6. The number of phenolic OH excluding ortho intramolecular Hbond substituents is 2. The Morgan fingerprint density at radius 2 is 1.36 bits per heavy atom. The number of methoxy groups -OCH3 is 1. The number of ether oxygens (including phenoxy) is 14. The van der Waals surface area contributed by atoms with E-state index in [9.17, 15) is 44.1 Å².